The van der Waals surface area contributed by atoms with Crippen LogP contribution in [0.1, 0.15) is 12.0 Å². The smallest absolute Gasteiger partial charge is 0.411 e. The van der Waals surface area contributed by atoms with E-state index in [1.165, 1.54) is 0 Å². The lowest BCUT2D eigenvalue weighted by molar-refractivity contribution is -0.173. The molecule has 1 aromatic carbocycles. The van der Waals surface area contributed by atoms with Crippen molar-refractivity contribution < 1.29 is 22.6 Å². The second kappa shape index (κ2) is 9.94. The summed E-state index contributed by atoms with van der Waals surface area (Å²) in [7, 11) is 3.23. The van der Waals surface area contributed by atoms with Gasteiger partial charge in [-0.1, -0.05) is 12.1 Å². The van der Waals surface area contributed by atoms with Crippen LogP contribution in [0.25, 0.3) is 0 Å². The van der Waals surface area contributed by atoms with Crippen molar-refractivity contribution in [2.45, 2.75) is 19.1 Å². The Morgan fingerprint density at radius 1 is 1.26 bits per heavy atom. The fourth-order valence-electron chi connectivity index (χ4n) is 1.76. The lowest BCUT2D eigenvalue weighted by Crippen LogP contribution is -2.37. The first-order valence-corrected chi connectivity index (χ1v) is 7.16. The fourth-order valence-corrected chi connectivity index (χ4v) is 1.76. The van der Waals surface area contributed by atoms with Gasteiger partial charge in [-0.25, -0.2) is 0 Å². The van der Waals surface area contributed by atoms with Crippen molar-refractivity contribution in [2.75, 3.05) is 33.9 Å². The van der Waals surface area contributed by atoms with Gasteiger partial charge in [0.05, 0.1) is 7.11 Å². The van der Waals surface area contributed by atoms with E-state index in [1.54, 1.807) is 14.2 Å². The molecule has 2 N–H and O–H groups in total. The van der Waals surface area contributed by atoms with Gasteiger partial charge < -0.3 is 20.1 Å². The number of nitrogens with one attached hydrogen (secondary N) is 2. The molecule has 0 heterocycles. The van der Waals surface area contributed by atoms with Crippen molar-refractivity contribution in [3.63, 3.8) is 0 Å². The van der Waals surface area contributed by atoms with Crippen molar-refractivity contribution in [3.05, 3.63) is 29.8 Å². The van der Waals surface area contributed by atoms with Gasteiger partial charge in [0.15, 0.2) is 5.96 Å². The lowest BCUT2D eigenvalue weighted by atomic mass is 10.2. The summed E-state index contributed by atoms with van der Waals surface area (Å²) in [5.74, 6) is 1.35. The summed E-state index contributed by atoms with van der Waals surface area (Å²) in [4.78, 5) is 4.05. The molecule has 0 bridgehead atoms. The number of rotatable bonds is 8. The Morgan fingerprint density at radius 3 is 2.70 bits per heavy atom. The van der Waals surface area contributed by atoms with Crippen LogP contribution in [0.2, 0.25) is 0 Å². The molecule has 5 nitrogen and oxygen atoms in total. The summed E-state index contributed by atoms with van der Waals surface area (Å²) in [6.45, 7) is -0.147. The number of benzene rings is 1. The highest BCUT2D eigenvalue weighted by atomic mass is 19.4. The SMILES string of the molecule is CN=C(NCCCOCC(F)(F)F)NCc1cccc(OC)c1. The first-order valence-electron chi connectivity index (χ1n) is 7.16. The highest BCUT2D eigenvalue weighted by Gasteiger charge is 2.27. The van der Waals surface area contributed by atoms with Crippen LogP contribution in [0.3, 0.4) is 0 Å². The van der Waals surface area contributed by atoms with E-state index in [0.717, 1.165) is 11.3 Å². The van der Waals surface area contributed by atoms with Gasteiger partial charge in [0.2, 0.25) is 0 Å². The van der Waals surface area contributed by atoms with Crippen molar-refractivity contribution in [2.24, 2.45) is 4.99 Å². The number of methoxy groups -OCH3 is 1. The summed E-state index contributed by atoms with van der Waals surface area (Å²) in [5, 5.41) is 6.13. The quantitative estimate of drug-likeness (QED) is 0.436. The minimum atomic E-state index is -4.28. The Hall–Kier alpha value is -1.96. The zero-order chi connectivity index (χ0) is 17.1. The Kier molecular flexibility index (Phi) is 8.25. The van der Waals surface area contributed by atoms with Crippen molar-refractivity contribution in [1.29, 1.82) is 0 Å². The second-order valence-corrected chi connectivity index (χ2v) is 4.73. The van der Waals surface area contributed by atoms with Gasteiger partial charge in [-0.2, -0.15) is 13.2 Å². The Balaban J connectivity index is 2.22. The molecule has 130 valence electrons. The molecular formula is C15H22F3N3O2. The Bertz CT molecular complexity index is 493. The summed E-state index contributed by atoms with van der Waals surface area (Å²) < 4.78 is 45.3. The van der Waals surface area contributed by atoms with Crippen LogP contribution >= 0.6 is 0 Å². The van der Waals surface area contributed by atoms with Crippen LogP contribution in [0.15, 0.2) is 29.3 Å². The van der Waals surface area contributed by atoms with E-state index in [2.05, 4.69) is 20.4 Å². The fraction of sp³-hybridized carbons (Fsp3) is 0.533. The van der Waals surface area contributed by atoms with E-state index >= 15 is 0 Å². The van der Waals surface area contributed by atoms with Crippen LogP contribution in [-0.4, -0.2) is 46.1 Å². The molecule has 0 radical (unpaired) electrons. The number of guanidine groups is 1. The molecule has 0 saturated carbocycles. The van der Waals surface area contributed by atoms with Crippen LogP contribution < -0.4 is 15.4 Å². The molecule has 8 heteroatoms. The molecular weight excluding hydrogens is 311 g/mol. The first-order chi connectivity index (χ1) is 10.9. The molecule has 0 fully saturated rings. The number of hydrogen-bond acceptors (Lipinski definition) is 3. The Morgan fingerprint density at radius 2 is 2.04 bits per heavy atom. The van der Waals surface area contributed by atoms with Crippen molar-refractivity contribution in [1.82, 2.24) is 10.6 Å². The van der Waals surface area contributed by atoms with Crippen molar-refractivity contribution in [3.8, 4) is 5.75 Å². The molecule has 23 heavy (non-hydrogen) atoms. The van der Waals surface area contributed by atoms with Crippen LogP contribution in [0, 0.1) is 0 Å². The number of ether oxygens (including phenoxy) is 2. The van der Waals surface area contributed by atoms with E-state index in [1.807, 2.05) is 24.3 Å². The van der Waals surface area contributed by atoms with E-state index in [9.17, 15) is 13.2 Å². The minimum absolute atomic E-state index is 0.0411. The second-order valence-electron chi connectivity index (χ2n) is 4.73. The average Bonchev–Trinajstić information content (AvgIpc) is 2.52. The molecule has 0 unspecified atom stereocenters. The van der Waals surface area contributed by atoms with Gasteiger partial charge in [0, 0.05) is 26.7 Å². The van der Waals surface area contributed by atoms with Gasteiger partial charge in [0.1, 0.15) is 12.4 Å². The standard InChI is InChI=1S/C15H22F3N3O2/c1-19-14(20-7-4-8-23-11-15(16,17)18)21-10-12-5-3-6-13(9-12)22-2/h3,5-6,9H,4,7-8,10-11H2,1-2H3,(H2,19,20,21). The highest BCUT2D eigenvalue weighted by Crippen LogP contribution is 2.14. The maximum Gasteiger partial charge on any atom is 0.411 e. The van der Waals surface area contributed by atoms with Crippen LogP contribution in [0.5, 0.6) is 5.75 Å². The molecule has 0 atom stereocenters. The molecule has 0 spiro atoms. The van der Waals surface area contributed by atoms with Gasteiger partial charge in [-0.05, 0) is 24.1 Å². The predicted octanol–water partition coefficient (Wildman–Crippen LogP) is 2.33. The molecule has 0 aromatic heterocycles. The van der Waals surface area contributed by atoms with Gasteiger partial charge >= 0.3 is 6.18 Å². The maximum atomic E-state index is 11.9. The minimum Gasteiger partial charge on any atom is -0.497 e. The topological polar surface area (TPSA) is 54.9 Å². The van der Waals surface area contributed by atoms with Gasteiger partial charge in [-0.15, -0.1) is 0 Å². The average molecular weight is 333 g/mol. The van der Waals surface area contributed by atoms with E-state index < -0.39 is 12.8 Å². The summed E-state index contributed by atoms with van der Waals surface area (Å²) >= 11 is 0. The number of halogens is 3. The summed E-state index contributed by atoms with van der Waals surface area (Å²) in [5.41, 5.74) is 1.03. The number of nitrogens with zero attached hydrogens (tertiary/aromatic N) is 1. The van der Waals surface area contributed by atoms with E-state index in [-0.39, 0.29) is 6.61 Å². The zero-order valence-corrected chi connectivity index (χ0v) is 13.2. The maximum absolute atomic E-state index is 11.9. The normalized spacial score (nSPS) is 12.1. The summed E-state index contributed by atoms with van der Waals surface area (Å²) in [6.07, 6.45) is -3.82. The largest absolute Gasteiger partial charge is 0.497 e. The van der Waals surface area contributed by atoms with Crippen molar-refractivity contribution >= 4 is 5.96 Å². The highest BCUT2D eigenvalue weighted by molar-refractivity contribution is 5.79. The molecule has 0 aliphatic carbocycles. The monoisotopic (exact) mass is 333 g/mol. The third kappa shape index (κ3) is 8.92. The Labute approximate surface area is 133 Å². The van der Waals surface area contributed by atoms with Crippen LogP contribution in [0.4, 0.5) is 13.2 Å². The molecule has 1 rings (SSSR count). The zero-order valence-electron chi connectivity index (χ0n) is 13.2. The molecule has 0 amide bonds. The molecule has 0 aliphatic heterocycles. The van der Waals surface area contributed by atoms with Gasteiger partial charge in [-0.3, -0.25) is 4.99 Å². The predicted molar refractivity (Wildman–Crippen MR) is 82.7 cm³/mol. The first kappa shape index (κ1) is 19.1. The number of hydrogen-bond donors (Lipinski definition) is 2. The third-order valence-corrected chi connectivity index (χ3v) is 2.84. The van der Waals surface area contributed by atoms with E-state index in [4.69, 9.17) is 4.74 Å². The number of alkyl halides is 3. The lowest BCUT2D eigenvalue weighted by Gasteiger charge is -2.13. The van der Waals surface area contributed by atoms with Crippen LogP contribution in [-0.2, 0) is 11.3 Å². The van der Waals surface area contributed by atoms with E-state index in [0.29, 0.717) is 25.5 Å². The molecule has 0 saturated heterocycles. The molecule has 1 aromatic rings. The number of aliphatic imine (C=N–C) groups is 1. The van der Waals surface area contributed by atoms with Gasteiger partial charge in [0.25, 0.3) is 0 Å². The third-order valence-electron chi connectivity index (χ3n) is 2.84. The molecule has 0 aliphatic rings. The summed E-state index contributed by atoms with van der Waals surface area (Å²) in [6, 6.07) is 7.61.